The molecule has 2 heterocycles. The fourth-order valence-corrected chi connectivity index (χ4v) is 3.38. The molecule has 0 radical (unpaired) electrons. The summed E-state index contributed by atoms with van der Waals surface area (Å²) >= 11 is 0. The lowest BCUT2D eigenvalue weighted by Crippen LogP contribution is -2.43. The Morgan fingerprint density at radius 1 is 1.39 bits per heavy atom. The molecule has 4 nitrogen and oxygen atoms in total. The molecule has 0 spiro atoms. The minimum atomic E-state index is 0.323. The van der Waals surface area contributed by atoms with Gasteiger partial charge in [0.1, 0.15) is 0 Å². The molecule has 0 amide bonds. The Morgan fingerprint density at radius 2 is 2.00 bits per heavy atom. The van der Waals surface area contributed by atoms with Gasteiger partial charge in [-0.05, 0) is 25.2 Å². The maximum absolute atomic E-state index is 6.03. The van der Waals surface area contributed by atoms with E-state index < -0.39 is 0 Å². The molecule has 0 saturated carbocycles. The molecule has 1 aromatic heterocycles. The van der Waals surface area contributed by atoms with Crippen LogP contribution in [0.4, 0.5) is 0 Å². The summed E-state index contributed by atoms with van der Waals surface area (Å²) in [6.07, 6.45) is 3.45. The lowest BCUT2D eigenvalue weighted by atomic mass is 9.90. The fraction of sp³-hybridized carbons (Fsp3) is 0.786. The molecule has 1 fully saturated rings. The minimum absolute atomic E-state index is 0.323. The third-order valence-electron chi connectivity index (χ3n) is 3.97. The molecule has 18 heavy (non-hydrogen) atoms. The third kappa shape index (κ3) is 2.75. The van der Waals surface area contributed by atoms with Crippen molar-refractivity contribution in [2.75, 3.05) is 19.6 Å². The maximum atomic E-state index is 6.03. The van der Waals surface area contributed by atoms with E-state index in [-0.39, 0.29) is 0 Å². The van der Waals surface area contributed by atoms with E-state index in [9.17, 15) is 0 Å². The monoisotopic (exact) mass is 250 g/mol. The van der Waals surface area contributed by atoms with Crippen molar-refractivity contribution in [2.45, 2.75) is 33.2 Å². The molecule has 0 aromatic carbocycles. The molecule has 1 aliphatic rings. The van der Waals surface area contributed by atoms with Crippen LogP contribution in [0.5, 0.6) is 0 Å². The first-order chi connectivity index (χ1) is 8.51. The summed E-state index contributed by atoms with van der Waals surface area (Å²) in [6, 6.07) is 0.323. The van der Waals surface area contributed by atoms with E-state index in [2.05, 4.69) is 37.0 Å². The van der Waals surface area contributed by atoms with Gasteiger partial charge < -0.3 is 5.73 Å². The van der Waals surface area contributed by atoms with Crippen molar-refractivity contribution in [3.63, 3.8) is 0 Å². The first-order valence-electron chi connectivity index (χ1n) is 6.95. The van der Waals surface area contributed by atoms with Crippen molar-refractivity contribution in [1.29, 1.82) is 0 Å². The van der Waals surface area contributed by atoms with Crippen LogP contribution in [-0.4, -0.2) is 34.3 Å². The molecule has 102 valence electrons. The second kappa shape index (κ2) is 5.41. The molecule has 2 rings (SSSR count). The van der Waals surface area contributed by atoms with E-state index in [1.54, 1.807) is 0 Å². The summed E-state index contributed by atoms with van der Waals surface area (Å²) in [4.78, 5) is 2.54. The highest BCUT2D eigenvalue weighted by molar-refractivity contribution is 5.21. The molecule has 2 N–H and O–H groups in total. The topological polar surface area (TPSA) is 47.1 Å². The molecule has 1 saturated heterocycles. The number of nitrogens with zero attached hydrogens (tertiary/aromatic N) is 3. The van der Waals surface area contributed by atoms with Gasteiger partial charge in [-0.15, -0.1) is 0 Å². The summed E-state index contributed by atoms with van der Waals surface area (Å²) in [6.45, 7) is 9.74. The zero-order valence-electron chi connectivity index (χ0n) is 12.1. The van der Waals surface area contributed by atoms with Crippen LogP contribution in [0.1, 0.15) is 37.6 Å². The van der Waals surface area contributed by atoms with Crippen molar-refractivity contribution in [2.24, 2.45) is 24.6 Å². The maximum Gasteiger partial charge on any atom is 0.0641 e. The number of rotatable bonds is 3. The van der Waals surface area contributed by atoms with Gasteiger partial charge in [0, 0.05) is 38.4 Å². The number of aromatic nitrogens is 2. The zero-order chi connectivity index (χ0) is 13.3. The Kier molecular flexibility index (Phi) is 4.07. The first kappa shape index (κ1) is 13.6. The normalized spacial score (nSPS) is 27.4. The van der Waals surface area contributed by atoms with Gasteiger partial charge in [-0.2, -0.15) is 5.10 Å². The first-order valence-corrected chi connectivity index (χ1v) is 6.95. The van der Waals surface area contributed by atoms with Crippen LogP contribution in [-0.2, 0) is 7.05 Å². The van der Waals surface area contributed by atoms with Crippen LogP contribution in [0.25, 0.3) is 0 Å². The Hall–Kier alpha value is -0.870. The number of nitrogens with two attached hydrogens (primary N) is 1. The SMILES string of the molecule is Cc1nn(C)cc1C(CN)N1CC(C)CC(C)C1. The van der Waals surface area contributed by atoms with Gasteiger partial charge in [0.15, 0.2) is 0 Å². The van der Waals surface area contributed by atoms with Crippen molar-refractivity contribution < 1.29 is 0 Å². The van der Waals surface area contributed by atoms with Crippen LogP contribution < -0.4 is 5.73 Å². The smallest absolute Gasteiger partial charge is 0.0641 e. The van der Waals surface area contributed by atoms with E-state index in [0.717, 1.165) is 30.6 Å². The van der Waals surface area contributed by atoms with Crippen LogP contribution >= 0.6 is 0 Å². The lowest BCUT2D eigenvalue weighted by molar-refractivity contribution is 0.0981. The van der Waals surface area contributed by atoms with Gasteiger partial charge in [-0.1, -0.05) is 13.8 Å². The van der Waals surface area contributed by atoms with Crippen molar-refractivity contribution in [3.8, 4) is 0 Å². The van der Waals surface area contributed by atoms with Gasteiger partial charge in [-0.3, -0.25) is 9.58 Å². The van der Waals surface area contributed by atoms with Gasteiger partial charge in [0.25, 0.3) is 0 Å². The Bertz CT molecular complexity index is 388. The van der Waals surface area contributed by atoms with E-state index in [1.807, 2.05) is 11.7 Å². The minimum Gasteiger partial charge on any atom is -0.329 e. The largest absolute Gasteiger partial charge is 0.329 e. The van der Waals surface area contributed by atoms with Gasteiger partial charge in [-0.25, -0.2) is 0 Å². The van der Waals surface area contributed by atoms with Crippen molar-refractivity contribution in [1.82, 2.24) is 14.7 Å². The summed E-state index contributed by atoms with van der Waals surface area (Å²) in [5, 5.41) is 4.45. The summed E-state index contributed by atoms with van der Waals surface area (Å²) in [5.74, 6) is 1.53. The molecule has 0 bridgehead atoms. The van der Waals surface area contributed by atoms with Gasteiger partial charge >= 0.3 is 0 Å². The Balaban J connectivity index is 2.20. The number of hydrogen-bond donors (Lipinski definition) is 1. The van der Waals surface area contributed by atoms with E-state index >= 15 is 0 Å². The third-order valence-corrected chi connectivity index (χ3v) is 3.97. The average molecular weight is 250 g/mol. The predicted molar refractivity (Wildman–Crippen MR) is 74.3 cm³/mol. The van der Waals surface area contributed by atoms with Gasteiger partial charge in [0.2, 0.25) is 0 Å². The molecule has 1 aromatic rings. The highest BCUT2D eigenvalue weighted by Crippen LogP contribution is 2.29. The second-order valence-electron chi connectivity index (χ2n) is 5.99. The summed E-state index contributed by atoms with van der Waals surface area (Å²) in [5.41, 5.74) is 8.43. The average Bonchev–Trinajstić information content (AvgIpc) is 2.58. The van der Waals surface area contributed by atoms with Gasteiger partial charge in [0.05, 0.1) is 11.7 Å². The molecular formula is C14H26N4. The molecule has 3 unspecified atom stereocenters. The number of hydrogen-bond acceptors (Lipinski definition) is 3. The second-order valence-corrected chi connectivity index (χ2v) is 5.99. The van der Waals surface area contributed by atoms with Crippen LogP contribution in [0, 0.1) is 18.8 Å². The van der Waals surface area contributed by atoms with Crippen LogP contribution in [0.3, 0.4) is 0 Å². The predicted octanol–water partition coefficient (Wildman–Crippen LogP) is 1.71. The molecular weight excluding hydrogens is 224 g/mol. The van der Waals surface area contributed by atoms with E-state index in [1.165, 1.54) is 12.0 Å². The molecule has 3 atom stereocenters. The standard InChI is InChI=1S/C14H26N4/c1-10-5-11(2)8-18(7-10)14(6-15)13-9-17(4)16-12(13)3/h9-11,14H,5-8,15H2,1-4H3. The van der Waals surface area contributed by atoms with Crippen molar-refractivity contribution >= 4 is 0 Å². The quantitative estimate of drug-likeness (QED) is 0.888. The lowest BCUT2D eigenvalue weighted by Gasteiger charge is -2.39. The number of likely N-dealkylation sites (tertiary alicyclic amines) is 1. The number of aryl methyl sites for hydroxylation is 2. The number of piperidine rings is 1. The molecule has 1 aliphatic heterocycles. The zero-order valence-corrected chi connectivity index (χ0v) is 12.1. The van der Waals surface area contributed by atoms with Crippen LogP contribution in [0.2, 0.25) is 0 Å². The van der Waals surface area contributed by atoms with E-state index in [0.29, 0.717) is 12.6 Å². The Labute approximate surface area is 110 Å². The summed E-state index contributed by atoms with van der Waals surface area (Å²) < 4.78 is 1.89. The highest BCUT2D eigenvalue weighted by atomic mass is 15.3. The van der Waals surface area contributed by atoms with E-state index in [4.69, 9.17) is 5.73 Å². The summed E-state index contributed by atoms with van der Waals surface area (Å²) in [7, 11) is 1.98. The van der Waals surface area contributed by atoms with Crippen LogP contribution in [0.15, 0.2) is 6.20 Å². The molecule has 4 heteroatoms. The fourth-order valence-electron chi connectivity index (χ4n) is 3.38. The van der Waals surface area contributed by atoms with Crippen molar-refractivity contribution in [3.05, 3.63) is 17.5 Å². The Morgan fingerprint density at radius 3 is 2.44 bits per heavy atom. The highest BCUT2D eigenvalue weighted by Gasteiger charge is 2.29. The molecule has 0 aliphatic carbocycles.